The van der Waals surface area contributed by atoms with E-state index in [-0.39, 0.29) is 17.5 Å². The van der Waals surface area contributed by atoms with Gasteiger partial charge in [-0.15, -0.1) is 0 Å². The summed E-state index contributed by atoms with van der Waals surface area (Å²) in [5.41, 5.74) is 5.49. The molecular formula is C30H32Cl2N4O5S. The summed E-state index contributed by atoms with van der Waals surface area (Å²) >= 11 is 13.0. The monoisotopic (exact) mass is 630 g/mol. The van der Waals surface area contributed by atoms with Gasteiger partial charge in [0.2, 0.25) is 10.0 Å². The standard InChI is InChI=1S/C30H32Cl2N4O5S/c1-18-10-12-21-23(15-18)30(38)36(26-9-4-3-8-25(26)35-42(2,39)40)28(22-13-11-19(31)16-24(22)32)27(21)29(37)34-41-17-20-7-5-6-14-33-20/h5-7,10-16,25-28,35H,3-4,8-9,17H2,1-2H3,(H,34,37)/t25-,26-,27+,28-/m0/s1. The van der Waals surface area contributed by atoms with Crippen molar-refractivity contribution >= 4 is 45.0 Å². The van der Waals surface area contributed by atoms with E-state index in [1.807, 2.05) is 19.1 Å². The minimum Gasteiger partial charge on any atom is -0.326 e. The normalized spacial score (nSPS) is 22.5. The number of sulfonamides is 1. The molecule has 0 unspecified atom stereocenters. The van der Waals surface area contributed by atoms with Crippen LogP contribution < -0.4 is 10.2 Å². The maximum Gasteiger partial charge on any atom is 0.255 e. The fourth-order valence-electron chi connectivity index (χ4n) is 6.02. The number of fused-ring (bicyclic) bond motifs is 1. The van der Waals surface area contributed by atoms with Crippen LogP contribution in [0.15, 0.2) is 60.8 Å². The summed E-state index contributed by atoms with van der Waals surface area (Å²) in [6, 6.07) is 13.8. The number of hydrogen-bond acceptors (Lipinski definition) is 6. The van der Waals surface area contributed by atoms with Crippen molar-refractivity contribution < 1.29 is 22.8 Å². The number of amides is 2. The average molecular weight is 632 g/mol. The van der Waals surface area contributed by atoms with Crippen molar-refractivity contribution in [1.82, 2.24) is 20.1 Å². The number of aromatic nitrogens is 1. The quantitative estimate of drug-likeness (QED) is 0.335. The van der Waals surface area contributed by atoms with Crippen LogP contribution in [0.4, 0.5) is 0 Å². The lowest BCUT2D eigenvalue weighted by Crippen LogP contribution is -2.59. The Morgan fingerprint density at radius 1 is 1.07 bits per heavy atom. The molecule has 42 heavy (non-hydrogen) atoms. The Bertz CT molecular complexity index is 1590. The van der Waals surface area contributed by atoms with E-state index < -0.39 is 40.0 Å². The molecule has 2 N–H and O–H groups in total. The highest BCUT2D eigenvalue weighted by Crippen LogP contribution is 2.48. The Morgan fingerprint density at radius 2 is 1.83 bits per heavy atom. The van der Waals surface area contributed by atoms with E-state index in [2.05, 4.69) is 15.2 Å². The minimum atomic E-state index is -3.58. The summed E-state index contributed by atoms with van der Waals surface area (Å²) in [7, 11) is -3.58. The third kappa shape index (κ3) is 6.63. The van der Waals surface area contributed by atoms with E-state index in [0.717, 1.165) is 24.7 Å². The lowest BCUT2D eigenvalue weighted by Gasteiger charge is -2.49. The number of pyridine rings is 1. The third-order valence-electron chi connectivity index (χ3n) is 7.76. The Hall–Kier alpha value is -3.02. The maximum absolute atomic E-state index is 14.4. The van der Waals surface area contributed by atoms with Crippen LogP contribution in [0.5, 0.6) is 0 Å². The SMILES string of the molecule is Cc1ccc2c(c1)C(=O)N([C@H]1CCCC[C@@H]1NS(C)(=O)=O)[C@@H](c1ccc(Cl)cc1Cl)[C@@H]2C(=O)NOCc1ccccn1. The molecule has 5 rings (SSSR count). The molecule has 2 aliphatic rings. The van der Waals surface area contributed by atoms with Crippen LogP contribution in [0.2, 0.25) is 10.0 Å². The first-order valence-corrected chi connectivity index (χ1v) is 16.4. The van der Waals surface area contributed by atoms with Crippen LogP contribution in [0.1, 0.15) is 70.4 Å². The fraction of sp³-hybridized carbons (Fsp3) is 0.367. The van der Waals surface area contributed by atoms with Crippen LogP contribution in [0, 0.1) is 6.92 Å². The van der Waals surface area contributed by atoms with Crippen molar-refractivity contribution in [2.45, 2.75) is 63.3 Å². The van der Waals surface area contributed by atoms with Gasteiger partial charge in [0.15, 0.2) is 0 Å². The number of nitrogens with zero attached hydrogens (tertiary/aromatic N) is 2. The molecule has 1 aliphatic carbocycles. The highest BCUT2D eigenvalue weighted by atomic mass is 35.5. The Morgan fingerprint density at radius 3 is 2.55 bits per heavy atom. The Labute approximate surface area is 255 Å². The van der Waals surface area contributed by atoms with Crippen molar-refractivity contribution in [3.05, 3.63) is 98.8 Å². The van der Waals surface area contributed by atoms with Gasteiger partial charge in [0.05, 0.1) is 23.9 Å². The molecule has 0 spiro atoms. The van der Waals surface area contributed by atoms with Gasteiger partial charge in [0.25, 0.3) is 11.8 Å². The predicted octanol–water partition coefficient (Wildman–Crippen LogP) is 5.09. The van der Waals surface area contributed by atoms with E-state index in [4.69, 9.17) is 28.0 Å². The third-order valence-corrected chi connectivity index (χ3v) is 9.05. The topological polar surface area (TPSA) is 118 Å². The molecular weight excluding hydrogens is 599 g/mol. The molecule has 12 heteroatoms. The molecule has 2 aromatic carbocycles. The highest BCUT2D eigenvalue weighted by molar-refractivity contribution is 7.88. The van der Waals surface area contributed by atoms with Crippen molar-refractivity contribution in [3.63, 3.8) is 0 Å². The van der Waals surface area contributed by atoms with Gasteiger partial charge in [-0.25, -0.2) is 18.6 Å². The van der Waals surface area contributed by atoms with Gasteiger partial charge < -0.3 is 4.90 Å². The van der Waals surface area contributed by atoms with Gasteiger partial charge in [0.1, 0.15) is 6.61 Å². The lowest BCUT2D eigenvalue weighted by atomic mass is 9.76. The Kier molecular flexibility index (Phi) is 9.20. The second-order valence-corrected chi connectivity index (χ2v) is 13.4. The second-order valence-electron chi connectivity index (χ2n) is 10.8. The van der Waals surface area contributed by atoms with Gasteiger partial charge in [0, 0.05) is 33.9 Å². The summed E-state index contributed by atoms with van der Waals surface area (Å²) in [5.74, 6) is -1.70. The molecule has 222 valence electrons. The van der Waals surface area contributed by atoms with Crippen LogP contribution in [-0.4, -0.2) is 48.5 Å². The van der Waals surface area contributed by atoms with Crippen molar-refractivity contribution in [1.29, 1.82) is 0 Å². The summed E-state index contributed by atoms with van der Waals surface area (Å²) in [5, 5.41) is 0.693. The molecule has 0 saturated heterocycles. The van der Waals surface area contributed by atoms with E-state index in [1.54, 1.807) is 53.6 Å². The van der Waals surface area contributed by atoms with E-state index in [1.165, 1.54) is 0 Å². The van der Waals surface area contributed by atoms with Gasteiger partial charge in [-0.3, -0.25) is 19.4 Å². The van der Waals surface area contributed by atoms with Gasteiger partial charge >= 0.3 is 0 Å². The maximum atomic E-state index is 14.4. The number of hydrogen-bond donors (Lipinski definition) is 2. The molecule has 1 aliphatic heterocycles. The van der Waals surface area contributed by atoms with Gasteiger partial charge in [-0.1, -0.05) is 65.9 Å². The smallest absolute Gasteiger partial charge is 0.255 e. The number of rotatable bonds is 8. The molecule has 1 fully saturated rings. The molecule has 3 aromatic rings. The number of aryl methyl sites for hydroxylation is 1. The molecule has 2 heterocycles. The number of hydroxylamine groups is 1. The number of nitrogens with one attached hydrogen (secondary N) is 2. The average Bonchev–Trinajstić information content (AvgIpc) is 2.93. The zero-order chi connectivity index (χ0) is 30.0. The molecule has 4 atom stereocenters. The first-order valence-electron chi connectivity index (χ1n) is 13.7. The highest BCUT2D eigenvalue weighted by Gasteiger charge is 2.49. The first kappa shape index (κ1) is 30.4. The van der Waals surface area contributed by atoms with Gasteiger partial charge in [-0.2, -0.15) is 0 Å². The molecule has 0 radical (unpaired) electrons. The lowest BCUT2D eigenvalue weighted by molar-refractivity contribution is -0.138. The molecule has 0 bridgehead atoms. The van der Waals surface area contributed by atoms with Crippen molar-refractivity contribution in [2.75, 3.05) is 6.26 Å². The number of halogens is 2. The van der Waals surface area contributed by atoms with E-state index >= 15 is 0 Å². The fourth-order valence-corrected chi connectivity index (χ4v) is 7.36. The van der Waals surface area contributed by atoms with Crippen LogP contribution in [-0.2, 0) is 26.3 Å². The summed E-state index contributed by atoms with van der Waals surface area (Å²) in [6.45, 7) is 1.91. The molecule has 1 saturated carbocycles. The predicted molar refractivity (Wildman–Crippen MR) is 160 cm³/mol. The van der Waals surface area contributed by atoms with Crippen LogP contribution in [0.25, 0.3) is 0 Å². The molecule has 9 nitrogen and oxygen atoms in total. The van der Waals surface area contributed by atoms with E-state index in [0.29, 0.717) is 40.2 Å². The second kappa shape index (κ2) is 12.7. The zero-order valence-corrected chi connectivity index (χ0v) is 25.5. The summed E-state index contributed by atoms with van der Waals surface area (Å²) < 4.78 is 27.5. The van der Waals surface area contributed by atoms with Crippen LogP contribution >= 0.6 is 23.2 Å². The van der Waals surface area contributed by atoms with Crippen molar-refractivity contribution in [3.8, 4) is 0 Å². The van der Waals surface area contributed by atoms with E-state index in [9.17, 15) is 18.0 Å². The zero-order valence-electron chi connectivity index (χ0n) is 23.2. The molecule has 1 aromatic heterocycles. The van der Waals surface area contributed by atoms with Crippen LogP contribution in [0.3, 0.4) is 0 Å². The van der Waals surface area contributed by atoms with Crippen molar-refractivity contribution in [2.24, 2.45) is 0 Å². The Balaban J connectivity index is 1.62. The number of carbonyl (C=O) groups is 2. The number of benzene rings is 2. The minimum absolute atomic E-state index is 0.0397. The first-order chi connectivity index (χ1) is 20.0. The summed E-state index contributed by atoms with van der Waals surface area (Å²) in [4.78, 5) is 40.0. The number of carbonyl (C=O) groups excluding carboxylic acids is 2. The molecule has 2 amide bonds. The largest absolute Gasteiger partial charge is 0.326 e. The summed E-state index contributed by atoms with van der Waals surface area (Å²) in [6.07, 6.45) is 5.44. The van der Waals surface area contributed by atoms with Gasteiger partial charge in [-0.05, 0) is 61.2 Å².